The predicted octanol–water partition coefficient (Wildman–Crippen LogP) is 0.997. The van der Waals surface area contributed by atoms with E-state index in [0.717, 1.165) is 5.56 Å². The average molecular weight is 152 g/mol. The summed E-state index contributed by atoms with van der Waals surface area (Å²) in [4.78, 5) is 0. The van der Waals surface area contributed by atoms with E-state index in [1.807, 2.05) is 12.1 Å². The van der Waals surface area contributed by atoms with Crippen LogP contribution in [0.1, 0.15) is 5.56 Å². The maximum absolute atomic E-state index is 5.65. The van der Waals surface area contributed by atoms with E-state index < -0.39 is 0 Å². The zero-order valence-electron chi connectivity index (χ0n) is 6.50. The monoisotopic (exact) mass is 152 g/mol. The molecule has 0 aliphatic heterocycles. The van der Waals surface area contributed by atoms with E-state index in [9.17, 15) is 0 Å². The Hall–Kier alpha value is -1.22. The van der Waals surface area contributed by atoms with Gasteiger partial charge in [0.25, 0.3) is 0 Å². The van der Waals surface area contributed by atoms with Gasteiger partial charge in [-0.25, -0.2) is 0 Å². The van der Waals surface area contributed by atoms with Gasteiger partial charge in [-0.2, -0.15) is 0 Å². The van der Waals surface area contributed by atoms with Crippen molar-refractivity contribution in [3.63, 3.8) is 0 Å². The van der Waals surface area contributed by atoms with Gasteiger partial charge in [0.05, 0.1) is 6.61 Å². The summed E-state index contributed by atoms with van der Waals surface area (Å²) in [5, 5.41) is 0. The smallest absolute Gasteiger partial charge is 0.0733 e. The number of methoxy groups -OCH3 is 1. The lowest BCUT2D eigenvalue weighted by atomic mass is 10.2. The van der Waals surface area contributed by atoms with Crippen LogP contribution in [0.4, 0.5) is 11.4 Å². The molecule has 0 amide bonds. The number of benzene rings is 1. The van der Waals surface area contributed by atoms with Crippen LogP contribution in [0.5, 0.6) is 0 Å². The molecule has 1 aromatic carbocycles. The fraction of sp³-hybridized carbons (Fsp3) is 0.250. The lowest BCUT2D eigenvalue weighted by Crippen LogP contribution is -1.97. The summed E-state index contributed by atoms with van der Waals surface area (Å²) in [6.45, 7) is 0.534. The lowest BCUT2D eigenvalue weighted by molar-refractivity contribution is 0.185. The maximum atomic E-state index is 5.65. The van der Waals surface area contributed by atoms with Gasteiger partial charge in [0.15, 0.2) is 0 Å². The number of hydrogen-bond acceptors (Lipinski definition) is 3. The zero-order chi connectivity index (χ0) is 8.27. The lowest BCUT2D eigenvalue weighted by Gasteiger charge is -2.04. The van der Waals surface area contributed by atoms with Crippen LogP contribution >= 0.6 is 0 Å². The second kappa shape index (κ2) is 3.25. The highest BCUT2D eigenvalue weighted by atomic mass is 16.5. The van der Waals surface area contributed by atoms with Crippen molar-refractivity contribution in [3.05, 3.63) is 23.8 Å². The molecule has 0 radical (unpaired) electrons. The molecular weight excluding hydrogens is 140 g/mol. The van der Waals surface area contributed by atoms with Gasteiger partial charge in [-0.05, 0) is 12.1 Å². The third-order valence-electron chi connectivity index (χ3n) is 1.47. The van der Waals surface area contributed by atoms with Gasteiger partial charge < -0.3 is 16.2 Å². The Morgan fingerprint density at radius 1 is 1.36 bits per heavy atom. The van der Waals surface area contributed by atoms with Gasteiger partial charge in [0.1, 0.15) is 0 Å². The molecule has 0 saturated carbocycles. The average Bonchev–Trinajstić information content (AvgIpc) is 1.95. The van der Waals surface area contributed by atoms with Gasteiger partial charge in [-0.15, -0.1) is 0 Å². The molecule has 0 aromatic heterocycles. The highest BCUT2D eigenvalue weighted by Crippen LogP contribution is 2.15. The minimum absolute atomic E-state index is 0.534. The number of hydrogen-bond donors (Lipinski definition) is 2. The fourth-order valence-corrected chi connectivity index (χ4v) is 0.900. The summed E-state index contributed by atoms with van der Waals surface area (Å²) in [5.41, 5.74) is 13.5. The molecule has 0 atom stereocenters. The van der Waals surface area contributed by atoms with E-state index >= 15 is 0 Å². The molecule has 1 rings (SSSR count). The van der Waals surface area contributed by atoms with Crippen molar-refractivity contribution in [1.29, 1.82) is 0 Å². The third kappa shape index (κ3) is 1.85. The second-order valence-corrected chi connectivity index (χ2v) is 2.39. The highest BCUT2D eigenvalue weighted by Gasteiger charge is 1.97. The molecule has 0 saturated heterocycles. The first-order valence-corrected chi connectivity index (χ1v) is 3.37. The van der Waals surface area contributed by atoms with E-state index in [0.29, 0.717) is 18.0 Å². The van der Waals surface area contributed by atoms with E-state index in [4.69, 9.17) is 16.2 Å². The van der Waals surface area contributed by atoms with Gasteiger partial charge in [-0.3, -0.25) is 0 Å². The van der Waals surface area contributed by atoms with Gasteiger partial charge in [0.2, 0.25) is 0 Å². The van der Waals surface area contributed by atoms with Crippen molar-refractivity contribution in [1.82, 2.24) is 0 Å². The minimum Gasteiger partial charge on any atom is -0.399 e. The molecule has 0 spiro atoms. The van der Waals surface area contributed by atoms with E-state index in [1.54, 1.807) is 13.2 Å². The largest absolute Gasteiger partial charge is 0.399 e. The third-order valence-corrected chi connectivity index (χ3v) is 1.47. The Morgan fingerprint density at radius 3 is 2.64 bits per heavy atom. The normalized spacial score (nSPS) is 9.91. The standard InChI is InChI=1S/C8H12N2O/c1-11-5-6-2-3-7(9)4-8(6)10/h2-4H,5,9-10H2,1H3. The van der Waals surface area contributed by atoms with Gasteiger partial charge >= 0.3 is 0 Å². The molecule has 60 valence electrons. The fourth-order valence-electron chi connectivity index (χ4n) is 0.900. The van der Waals surface area contributed by atoms with Crippen LogP contribution in [0.2, 0.25) is 0 Å². The van der Waals surface area contributed by atoms with Crippen molar-refractivity contribution < 1.29 is 4.74 Å². The molecule has 11 heavy (non-hydrogen) atoms. The van der Waals surface area contributed by atoms with Crippen LogP contribution in [-0.2, 0) is 11.3 Å². The minimum atomic E-state index is 0.534. The van der Waals surface area contributed by atoms with E-state index in [-0.39, 0.29) is 0 Å². The van der Waals surface area contributed by atoms with Gasteiger partial charge in [0, 0.05) is 24.0 Å². The summed E-state index contributed by atoms with van der Waals surface area (Å²) in [6.07, 6.45) is 0. The van der Waals surface area contributed by atoms with Crippen LogP contribution in [0.3, 0.4) is 0 Å². The zero-order valence-corrected chi connectivity index (χ0v) is 6.50. The van der Waals surface area contributed by atoms with Crippen LogP contribution in [0.25, 0.3) is 0 Å². The topological polar surface area (TPSA) is 61.3 Å². The second-order valence-electron chi connectivity index (χ2n) is 2.39. The Labute approximate surface area is 66.0 Å². The summed E-state index contributed by atoms with van der Waals surface area (Å²) in [5.74, 6) is 0. The quantitative estimate of drug-likeness (QED) is 0.621. The highest BCUT2D eigenvalue weighted by molar-refractivity contribution is 5.56. The van der Waals surface area contributed by atoms with Crippen molar-refractivity contribution in [2.24, 2.45) is 0 Å². The Kier molecular flexibility index (Phi) is 2.33. The SMILES string of the molecule is COCc1ccc(N)cc1N. The number of nitrogens with two attached hydrogens (primary N) is 2. The van der Waals surface area contributed by atoms with Crippen LogP contribution in [0.15, 0.2) is 18.2 Å². The van der Waals surface area contributed by atoms with Crippen LogP contribution in [0, 0.1) is 0 Å². The molecular formula is C8H12N2O. The molecule has 1 aromatic rings. The molecule has 3 heteroatoms. The molecule has 4 N–H and O–H groups in total. The van der Waals surface area contributed by atoms with Gasteiger partial charge in [-0.1, -0.05) is 6.07 Å². The van der Waals surface area contributed by atoms with Crippen LogP contribution in [-0.4, -0.2) is 7.11 Å². The number of ether oxygens (including phenoxy) is 1. The first kappa shape index (κ1) is 7.88. The van der Waals surface area contributed by atoms with Crippen molar-refractivity contribution >= 4 is 11.4 Å². The molecule has 0 bridgehead atoms. The van der Waals surface area contributed by atoms with Crippen molar-refractivity contribution in [2.75, 3.05) is 18.6 Å². The van der Waals surface area contributed by atoms with E-state index in [2.05, 4.69) is 0 Å². The maximum Gasteiger partial charge on any atom is 0.0733 e. The predicted molar refractivity (Wildman–Crippen MR) is 46.0 cm³/mol. The summed E-state index contributed by atoms with van der Waals surface area (Å²) in [7, 11) is 1.63. The van der Waals surface area contributed by atoms with Crippen LogP contribution < -0.4 is 11.5 Å². The molecule has 0 fully saturated rings. The Balaban J connectivity index is 2.90. The van der Waals surface area contributed by atoms with Crippen molar-refractivity contribution in [3.8, 4) is 0 Å². The molecule has 3 nitrogen and oxygen atoms in total. The first-order valence-electron chi connectivity index (χ1n) is 3.37. The summed E-state index contributed by atoms with van der Waals surface area (Å²) in [6, 6.07) is 5.41. The molecule has 0 unspecified atom stereocenters. The van der Waals surface area contributed by atoms with E-state index in [1.165, 1.54) is 0 Å². The molecule has 0 aliphatic rings. The Bertz CT molecular complexity index is 248. The first-order chi connectivity index (χ1) is 5.24. The number of nitrogen functional groups attached to an aromatic ring is 2. The Morgan fingerprint density at radius 2 is 2.09 bits per heavy atom. The number of rotatable bonds is 2. The summed E-state index contributed by atoms with van der Waals surface area (Å²) < 4.78 is 4.93. The molecule has 0 aliphatic carbocycles. The number of anilines is 2. The van der Waals surface area contributed by atoms with Crippen molar-refractivity contribution in [2.45, 2.75) is 6.61 Å². The summed E-state index contributed by atoms with van der Waals surface area (Å²) >= 11 is 0. The molecule has 0 heterocycles.